The van der Waals surface area contributed by atoms with Crippen molar-refractivity contribution in [3.8, 4) is 0 Å². The second-order valence-electron chi connectivity index (χ2n) is 7.77. The van der Waals surface area contributed by atoms with Crippen molar-refractivity contribution in [1.29, 1.82) is 0 Å². The van der Waals surface area contributed by atoms with E-state index in [-0.39, 0.29) is 30.1 Å². The van der Waals surface area contributed by atoms with Gasteiger partial charge in [0.25, 0.3) is 0 Å². The number of nitrogens with zero attached hydrogens (tertiary/aromatic N) is 6. The first-order chi connectivity index (χ1) is 13.5. The largest absolute Gasteiger partial charge is 0.345 e. The lowest BCUT2D eigenvalue weighted by Crippen LogP contribution is -2.41. The Balaban J connectivity index is 1.53. The van der Waals surface area contributed by atoms with Crippen LogP contribution < -0.4 is 5.69 Å². The lowest BCUT2D eigenvalue weighted by molar-refractivity contribution is -0.133. The standard InChI is InChI=1S/C20H26N6O2/c1-14(2)26-19(22-23(3)20(26)28)15-7-6-10-24(11-15)18(27)12-25-13-21-16-8-4-5-9-17(16)25/h4-5,8-9,13-15H,6-7,10-12H2,1-3H3. The first-order valence-electron chi connectivity index (χ1n) is 9.78. The molecule has 4 rings (SSSR count). The minimum atomic E-state index is -0.0988. The van der Waals surface area contributed by atoms with Crippen molar-refractivity contribution in [2.75, 3.05) is 13.1 Å². The van der Waals surface area contributed by atoms with Gasteiger partial charge in [0.05, 0.1) is 17.4 Å². The van der Waals surface area contributed by atoms with E-state index in [2.05, 4.69) is 10.1 Å². The molecule has 148 valence electrons. The summed E-state index contributed by atoms with van der Waals surface area (Å²) in [6.07, 6.45) is 3.56. The fraction of sp³-hybridized carbons (Fsp3) is 0.500. The Hall–Kier alpha value is -2.90. The highest BCUT2D eigenvalue weighted by Gasteiger charge is 2.30. The number of piperidine rings is 1. The molecule has 1 atom stereocenters. The second-order valence-corrected chi connectivity index (χ2v) is 7.77. The Morgan fingerprint density at radius 3 is 2.86 bits per heavy atom. The third kappa shape index (κ3) is 3.23. The number of rotatable bonds is 4. The molecule has 1 aliphatic rings. The van der Waals surface area contributed by atoms with Gasteiger partial charge in [-0.3, -0.25) is 9.36 Å². The van der Waals surface area contributed by atoms with E-state index in [9.17, 15) is 9.59 Å². The van der Waals surface area contributed by atoms with Crippen LogP contribution in [0.5, 0.6) is 0 Å². The van der Waals surface area contributed by atoms with Crippen molar-refractivity contribution >= 4 is 16.9 Å². The molecule has 0 spiro atoms. The van der Waals surface area contributed by atoms with Gasteiger partial charge in [-0.15, -0.1) is 0 Å². The molecule has 8 nitrogen and oxygen atoms in total. The van der Waals surface area contributed by atoms with Crippen molar-refractivity contribution < 1.29 is 4.79 Å². The van der Waals surface area contributed by atoms with Crippen LogP contribution in [-0.4, -0.2) is 47.8 Å². The van der Waals surface area contributed by atoms with Crippen LogP contribution in [0.15, 0.2) is 35.4 Å². The number of hydrogen-bond donors (Lipinski definition) is 0. The average molecular weight is 382 g/mol. The Labute approximate surface area is 163 Å². The normalized spacial score (nSPS) is 17.6. The summed E-state index contributed by atoms with van der Waals surface area (Å²) in [5.41, 5.74) is 1.75. The van der Waals surface area contributed by atoms with E-state index >= 15 is 0 Å². The monoisotopic (exact) mass is 382 g/mol. The average Bonchev–Trinajstić information content (AvgIpc) is 3.23. The van der Waals surface area contributed by atoms with Gasteiger partial charge in [-0.05, 0) is 38.8 Å². The van der Waals surface area contributed by atoms with Crippen LogP contribution >= 0.6 is 0 Å². The van der Waals surface area contributed by atoms with E-state index in [1.54, 1.807) is 17.9 Å². The molecule has 1 amide bonds. The molecule has 0 radical (unpaired) electrons. The van der Waals surface area contributed by atoms with Crippen LogP contribution in [0.2, 0.25) is 0 Å². The predicted octanol–water partition coefficient (Wildman–Crippen LogP) is 1.92. The second kappa shape index (κ2) is 7.26. The highest BCUT2D eigenvalue weighted by Crippen LogP contribution is 2.26. The maximum Gasteiger partial charge on any atom is 0.345 e. The van der Waals surface area contributed by atoms with Gasteiger partial charge in [-0.25, -0.2) is 14.5 Å². The van der Waals surface area contributed by atoms with E-state index in [0.717, 1.165) is 36.2 Å². The fourth-order valence-corrected chi connectivity index (χ4v) is 4.06. The van der Waals surface area contributed by atoms with Crippen molar-refractivity contribution in [2.24, 2.45) is 7.05 Å². The summed E-state index contributed by atoms with van der Waals surface area (Å²) in [6, 6.07) is 7.86. The lowest BCUT2D eigenvalue weighted by atomic mass is 9.96. The number of aromatic nitrogens is 5. The van der Waals surface area contributed by atoms with Crippen LogP contribution in [-0.2, 0) is 18.4 Å². The van der Waals surface area contributed by atoms with Gasteiger partial charge in [-0.1, -0.05) is 12.1 Å². The molecule has 1 fully saturated rings. The summed E-state index contributed by atoms with van der Waals surface area (Å²) < 4.78 is 5.04. The van der Waals surface area contributed by atoms with Crippen molar-refractivity contribution in [3.63, 3.8) is 0 Å². The van der Waals surface area contributed by atoms with E-state index < -0.39 is 0 Å². The van der Waals surface area contributed by atoms with Gasteiger partial charge in [-0.2, -0.15) is 5.10 Å². The third-order valence-corrected chi connectivity index (χ3v) is 5.47. The first kappa shape index (κ1) is 18.5. The van der Waals surface area contributed by atoms with E-state index in [1.807, 2.05) is 47.6 Å². The summed E-state index contributed by atoms with van der Waals surface area (Å²) in [7, 11) is 1.68. The number of amides is 1. The fourth-order valence-electron chi connectivity index (χ4n) is 4.06. The molecule has 1 saturated heterocycles. The predicted molar refractivity (Wildman–Crippen MR) is 106 cm³/mol. The molecular formula is C20H26N6O2. The van der Waals surface area contributed by atoms with Crippen molar-refractivity contribution in [1.82, 2.24) is 28.8 Å². The number of fused-ring (bicyclic) bond motifs is 1. The minimum Gasteiger partial charge on any atom is -0.340 e. The van der Waals surface area contributed by atoms with Gasteiger partial charge in [0, 0.05) is 32.1 Å². The van der Waals surface area contributed by atoms with E-state index in [1.165, 1.54) is 4.68 Å². The van der Waals surface area contributed by atoms with Gasteiger partial charge >= 0.3 is 5.69 Å². The maximum atomic E-state index is 13.0. The number of likely N-dealkylation sites (tertiary alicyclic amines) is 1. The third-order valence-electron chi connectivity index (χ3n) is 5.47. The van der Waals surface area contributed by atoms with Crippen LogP contribution in [0, 0.1) is 0 Å². The molecule has 2 aromatic heterocycles. The van der Waals surface area contributed by atoms with Gasteiger partial charge in [0.15, 0.2) is 0 Å². The van der Waals surface area contributed by atoms with E-state index in [0.29, 0.717) is 6.54 Å². The van der Waals surface area contributed by atoms with E-state index in [4.69, 9.17) is 0 Å². The molecule has 28 heavy (non-hydrogen) atoms. The number of imidazole rings is 1. The quantitative estimate of drug-likeness (QED) is 0.691. The SMILES string of the molecule is CC(C)n1c(C2CCCN(C(=O)Cn3cnc4ccccc43)C2)nn(C)c1=O. The van der Waals surface area contributed by atoms with Crippen LogP contribution in [0.1, 0.15) is 44.5 Å². The molecule has 0 bridgehead atoms. The molecule has 3 heterocycles. The zero-order valence-electron chi connectivity index (χ0n) is 16.6. The summed E-state index contributed by atoms with van der Waals surface area (Å²) in [6.45, 7) is 5.58. The summed E-state index contributed by atoms with van der Waals surface area (Å²) in [5.74, 6) is 0.934. The first-order valence-corrected chi connectivity index (χ1v) is 9.78. The number of hydrogen-bond acceptors (Lipinski definition) is 4. The molecule has 1 unspecified atom stereocenters. The molecule has 1 aromatic carbocycles. The molecule has 0 saturated carbocycles. The molecule has 0 aliphatic carbocycles. The Morgan fingerprint density at radius 2 is 2.07 bits per heavy atom. The number of benzene rings is 1. The molecule has 8 heteroatoms. The van der Waals surface area contributed by atoms with Crippen LogP contribution in [0.3, 0.4) is 0 Å². The molecule has 3 aromatic rings. The maximum absolute atomic E-state index is 13.0. The summed E-state index contributed by atoms with van der Waals surface area (Å²) in [4.78, 5) is 31.6. The Morgan fingerprint density at radius 1 is 1.29 bits per heavy atom. The van der Waals surface area contributed by atoms with Gasteiger partial charge in [0.2, 0.25) is 5.91 Å². The zero-order chi connectivity index (χ0) is 19.8. The topological polar surface area (TPSA) is 78.0 Å². The summed E-state index contributed by atoms with van der Waals surface area (Å²) >= 11 is 0. The van der Waals surface area contributed by atoms with Crippen molar-refractivity contribution in [2.45, 2.75) is 45.2 Å². The molecular weight excluding hydrogens is 356 g/mol. The minimum absolute atomic E-state index is 0.0413. The molecule has 1 aliphatic heterocycles. The number of aryl methyl sites for hydroxylation is 1. The number of para-hydroxylation sites is 2. The highest BCUT2D eigenvalue weighted by atomic mass is 16.2. The van der Waals surface area contributed by atoms with Crippen LogP contribution in [0.4, 0.5) is 0 Å². The Bertz CT molecular complexity index is 1060. The van der Waals surface area contributed by atoms with Crippen molar-refractivity contribution in [3.05, 3.63) is 46.9 Å². The van der Waals surface area contributed by atoms with Crippen LogP contribution in [0.25, 0.3) is 11.0 Å². The summed E-state index contributed by atoms with van der Waals surface area (Å²) in [5, 5.41) is 4.48. The highest BCUT2D eigenvalue weighted by molar-refractivity contribution is 5.80. The lowest BCUT2D eigenvalue weighted by Gasteiger charge is -2.32. The Kier molecular flexibility index (Phi) is 4.78. The van der Waals surface area contributed by atoms with Gasteiger partial charge < -0.3 is 9.47 Å². The number of carbonyl (C=O) groups excluding carboxylic acids is 1. The number of carbonyl (C=O) groups is 1. The molecule has 0 N–H and O–H groups in total. The zero-order valence-corrected chi connectivity index (χ0v) is 16.6. The smallest absolute Gasteiger partial charge is 0.340 e. The van der Waals surface area contributed by atoms with Gasteiger partial charge in [0.1, 0.15) is 12.4 Å².